The first kappa shape index (κ1) is 16.4. The second kappa shape index (κ2) is 6.36. The number of rotatable bonds is 2. The predicted molar refractivity (Wildman–Crippen MR) is 92.4 cm³/mol. The van der Waals surface area contributed by atoms with E-state index < -0.39 is 11.4 Å². The van der Waals surface area contributed by atoms with Gasteiger partial charge in [0.25, 0.3) is 5.91 Å². The molecule has 8 heteroatoms. The Hall–Kier alpha value is -3.03. The third kappa shape index (κ3) is 2.67. The molecule has 134 valence electrons. The molecule has 0 aliphatic carbocycles. The van der Waals surface area contributed by atoms with Crippen molar-refractivity contribution in [1.82, 2.24) is 24.5 Å². The van der Waals surface area contributed by atoms with E-state index in [9.17, 15) is 14.0 Å². The molecule has 4 rings (SSSR count). The molecule has 4 heterocycles. The summed E-state index contributed by atoms with van der Waals surface area (Å²) in [5, 5.41) is 2.93. The van der Waals surface area contributed by atoms with E-state index in [4.69, 9.17) is 0 Å². The number of carbonyl (C=O) groups excluding carboxylic acids is 1. The Bertz CT molecular complexity index is 1030. The number of nitrogens with zero attached hydrogens (tertiary/aromatic N) is 4. The van der Waals surface area contributed by atoms with Gasteiger partial charge in [0.2, 0.25) is 5.82 Å². The third-order valence-electron chi connectivity index (χ3n) is 4.78. The largest absolute Gasteiger partial charge is 0.330 e. The number of fused-ring (bicyclic) bond motifs is 1. The van der Waals surface area contributed by atoms with Crippen LogP contribution in [0.4, 0.5) is 4.39 Å². The van der Waals surface area contributed by atoms with Crippen molar-refractivity contribution in [3.63, 3.8) is 0 Å². The van der Waals surface area contributed by atoms with Gasteiger partial charge in [-0.05, 0) is 38.3 Å². The number of aromatic nitrogens is 4. The summed E-state index contributed by atoms with van der Waals surface area (Å²) in [7, 11) is 0. The Kier molecular flexibility index (Phi) is 4.02. The van der Waals surface area contributed by atoms with Crippen LogP contribution in [-0.4, -0.2) is 36.9 Å². The van der Waals surface area contributed by atoms with Crippen LogP contribution in [0.5, 0.6) is 0 Å². The number of carbonyl (C=O) groups is 1. The van der Waals surface area contributed by atoms with E-state index in [1.807, 2.05) is 0 Å². The summed E-state index contributed by atoms with van der Waals surface area (Å²) in [6.07, 6.45) is 5.80. The first-order valence-electron chi connectivity index (χ1n) is 8.55. The van der Waals surface area contributed by atoms with Gasteiger partial charge in [0.1, 0.15) is 0 Å². The van der Waals surface area contributed by atoms with Gasteiger partial charge in [0.15, 0.2) is 5.65 Å². The van der Waals surface area contributed by atoms with Crippen molar-refractivity contribution in [3.05, 3.63) is 63.7 Å². The Balaban J connectivity index is 1.75. The molecular formula is C18H18FN5O2. The summed E-state index contributed by atoms with van der Waals surface area (Å²) in [5.41, 5.74) is 0.847. The van der Waals surface area contributed by atoms with E-state index in [1.165, 1.54) is 6.92 Å². The summed E-state index contributed by atoms with van der Waals surface area (Å²) in [6.45, 7) is 2.08. The molecule has 1 saturated heterocycles. The van der Waals surface area contributed by atoms with Gasteiger partial charge >= 0.3 is 5.56 Å². The Labute approximate surface area is 148 Å². The Morgan fingerprint density at radius 2 is 2.23 bits per heavy atom. The molecule has 1 amide bonds. The first-order chi connectivity index (χ1) is 12.6. The molecule has 1 aliphatic rings. The van der Waals surface area contributed by atoms with Crippen LogP contribution in [0, 0.1) is 12.7 Å². The SMILES string of the molecule is Cc1nc2cc([C@@H]3CCCCN3C(=O)c3cccnc3)[nH]n2c(=O)c1F. The van der Waals surface area contributed by atoms with Gasteiger partial charge in [0.05, 0.1) is 23.0 Å². The van der Waals surface area contributed by atoms with E-state index >= 15 is 0 Å². The molecule has 1 fully saturated rings. The van der Waals surface area contributed by atoms with E-state index in [0.717, 1.165) is 23.8 Å². The van der Waals surface area contributed by atoms with Crippen LogP contribution >= 0.6 is 0 Å². The molecule has 3 aromatic rings. The molecule has 0 aromatic carbocycles. The fourth-order valence-electron chi connectivity index (χ4n) is 3.46. The number of aromatic amines is 1. The topological polar surface area (TPSA) is 83.4 Å². The maximum Gasteiger partial charge on any atom is 0.308 e. The van der Waals surface area contributed by atoms with Crippen LogP contribution in [-0.2, 0) is 0 Å². The maximum atomic E-state index is 13.9. The zero-order chi connectivity index (χ0) is 18.3. The number of H-pyrrole nitrogens is 1. The van der Waals surface area contributed by atoms with Gasteiger partial charge in [-0.25, -0.2) is 4.98 Å². The van der Waals surface area contributed by atoms with Crippen molar-refractivity contribution in [1.29, 1.82) is 0 Å². The number of piperidine rings is 1. The first-order valence-corrected chi connectivity index (χ1v) is 8.55. The highest BCUT2D eigenvalue weighted by atomic mass is 19.1. The van der Waals surface area contributed by atoms with E-state index in [1.54, 1.807) is 35.5 Å². The lowest BCUT2D eigenvalue weighted by molar-refractivity contribution is 0.0605. The van der Waals surface area contributed by atoms with Crippen LogP contribution in [0.15, 0.2) is 35.4 Å². The van der Waals surface area contributed by atoms with Crippen LogP contribution in [0.25, 0.3) is 5.65 Å². The number of likely N-dealkylation sites (tertiary alicyclic amines) is 1. The Morgan fingerprint density at radius 3 is 3.00 bits per heavy atom. The monoisotopic (exact) mass is 355 g/mol. The summed E-state index contributed by atoms with van der Waals surface area (Å²) < 4.78 is 14.9. The lowest BCUT2D eigenvalue weighted by Gasteiger charge is -2.35. The van der Waals surface area contributed by atoms with Crippen molar-refractivity contribution in [2.24, 2.45) is 0 Å². The molecule has 1 atom stereocenters. The molecule has 0 radical (unpaired) electrons. The van der Waals surface area contributed by atoms with Gasteiger partial charge in [-0.2, -0.15) is 8.91 Å². The van der Waals surface area contributed by atoms with Gasteiger partial charge in [-0.15, -0.1) is 0 Å². The molecule has 0 spiro atoms. The van der Waals surface area contributed by atoms with Crippen LogP contribution in [0.3, 0.4) is 0 Å². The van der Waals surface area contributed by atoms with Crippen molar-refractivity contribution in [2.75, 3.05) is 6.54 Å². The molecular weight excluding hydrogens is 337 g/mol. The van der Waals surface area contributed by atoms with E-state index in [-0.39, 0.29) is 17.6 Å². The third-order valence-corrected chi connectivity index (χ3v) is 4.78. The summed E-state index contributed by atoms with van der Waals surface area (Å²) in [4.78, 5) is 34.9. The average molecular weight is 355 g/mol. The minimum atomic E-state index is -0.872. The molecule has 0 unspecified atom stereocenters. The maximum absolute atomic E-state index is 13.9. The zero-order valence-corrected chi connectivity index (χ0v) is 14.3. The van der Waals surface area contributed by atoms with Gasteiger partial charge in [0, 0.05) is 25.0 Å². The Morgan fingerprint density at radius 1 is 1.38 bits per heavy atom. The molecule has 1 N–H and O–H groups in total. The summed E-state index contributed by atoms with van der Waals surface area (Å²) in [5.74, 6) is -0.980. The number of hydrogen-bond acceptors (Lipinski definition) is 4. The fraction of sp³-hybridized carbons (Fsp3) is 0.333. The quantitative estimate of drug-likeness (QED) is 0.764. The van der Waals surface area contributed by atoms with Crippen molar-refractivity contribution >= 4 is 11.6 Å². The number of nitrogens with one attached hydrogen (secondary N) is 1. The van der Waals surface area contributed by atoms with Gasteiger partial charge in [-0.3, -0.25) is 19.7 Å². The second-order valence-electron chi connectivity index (χ2n) is 6.47. The smallest absolute Gasteiger partial charge is 0.308 e. The minimum absolute atomic E-state index is 0.0625. The van der Waals surface area contributed by atoms with Crippen molar-refractivity contribution in [3.8, 4) is 0 Å². The summed E-state index contributed by atoms with van der Waals surface area (Å²) in [6, 6.07) is 4.95. The van der Waals surface area contributed by atoms with Crippen molar-refractivity contribution in [2.45, 2.75) is 32.2 Å². The van der Waals surface area contributed by atoms with E-state index in [2.05, 4.69) is 15.1 Å². The summed E-state index contributed by atoms with van der Waals surface area (Å²) >= 11 is 0. The normalized spacial score (nSPS) is 17.6. The number of pyridine rings is 1. The van der Waals surface area contributed by atoms with Crippen molar-refractivity contribution < 1.29 is 9.18 Å². The molecule has 0 saturated carbocycles. The van der Waals surface area contributed by atoms with Gasteiger partial charge < -0.3 is 4.90 Å². The second-order valence-corrected chi connectivity index (χ2v) is 6.47. The molecule has 26 heavy (non-hydrogen) atoms. The highest BCUT2D eigenvalue weighted by Gasteiger charge is 2.30. The molecule has 7 nitrogen and oxygen atoms in total. The standard InChI is InChI=1S/C18H18FN5O2/c1-11-16(19)18(26)24-15(21-11)9-13(22-24)14-6-2-3-8-23(14)17(25)12-5-4-7-20-10-12/h4-5,7,9-10,14,22H,2-3,6,8H2,1H3/t14-/m0/s1. The van der Waals surface area contributed by atoms with Crippen LogP contribution in [0.2, 0.25) is 0 Å². The average Bonchev–Trinajstić information content (AvgIpc) is 3.10. The number of amides is 1. The number of halogens is 1. The van der Waals surface area contributed by atoms with Crippen LogP contribution < -0.4 is 5.56 Å². The highest BCUT2D eigenvalue weighted by Crippen LogP contribution is 2.31. The minimum Gasteiger partial charge on any atom is -0.330 e. The highest BCUT2D eigenvalue weighted by molar-refractivity contribution is 5.94. The number of aryl methyl sites for hydroxylation is 1. The van der Waals surface area contributed by atoms with E-state index in [0.29, 0.717) is 23.4 Å². The zero-order valence-electron chi connectivity index (χ0n) is 14.3. The van der Waals surface area contributed by atoms with Gasteiger partial charge in [-0.1, -0.05) is 0 Å². The molecule has 0 bridgehead atoms. The van der Waals surface area contributed by atoms with Crippen LogP contribution in [0.1, 0.15) is 47.1 Å². The molecule has 3 aromatic heterocycles. The molecule has 1 aliphatic heterocycles. The predicted octanol–water partition coefficient (Wildman–Crippen LogP) is 2.23. The fourth-order valence-corrected chi connectivity index (χ4v) is 3.46. The number of hydrogen-bond donors (Lipinski definition) is 1. The lowest BCUT2D eigenvalue weighted by atomic mass is 9.98. The lowest BCUT2D eigenvalue weighted by Crippen LogP contribution is -2.38.